The Bertz CT molecular complexity index is 874. The van der Waals surface area contributed by atoms with Gasteiger partial charge in [0, 0.05) is 18.3 Å². The molecule has 0 bridgehead atoms. The average Bonchev–Trinajstić information content (AvgIpc) is 2.77. The summed E-state index contributed by atoms with van der Waals surface area (Å²) in [5.74, 6) is -0.0386. The summed E-state index contributed by atoms with van der Waals surface area (Å²) in [4.78, 5) is 37.1. The molecule has 182 valence electrons. The van der Waals surface area contributed by atoms with Gasteiger partial charge in [0.25, 0.3) is 11.6 Å². The summed E-state index contributed by atoms with van der Waals surface area (Å²) in [6.45, 7) is 6.93. The summed E-state index contributed by atoms with van der Waals surface area (Å²) < 4.78 is 5.99. The summed E-state index contributed by atoms with van der Waals surface area (Å²) >= 11 is 0. The number of nitro groups is 1. The molecule has 1 aromatic rings. The number of ether oxygens (including phenoxy) is 1. The maximum Gasteiger partial charge on any atom is 0.326 e. The van der Waals surface area contributed by atoms with Gasteiger partial charge in [-0.1, -0.05) is 33.6 Å². The first-order chi connectivity index (χ1) is 15.7. The summed E-state index contributed by atoms with van der Waals surface area (Å²) in [6.07, 6.45) is 5.28. The van der Waals surface area contributed by atoms with Crippen molar-refractivity contribution in [2.75, 3.05) is 23.4 Å². The molecule has 0 radical (unpaired) electrons. The van der Waals surface area contributed by atoms with Crippen molar-refractivity contribution in [1.29, 1.82) is 0 Å². The molecule has 4 unspecified atom stereocenters. The maximum atomic E-state index is 12.7. The molecular weight excluding hydrogens is 426 g/mol. The number of aliphatic carboxylic acids is 1. The van der Waals surface area contributed by atoms with Crippen molar-refractivity contribution < 1.29 is 24.4 Å². The monoisotopic (exact) mass is 461 g/mol. The fraction of sp³-hybridized carbons (Fsp3) is 0.667. The average molecular weight is 462 g/mol. The van der Waals surface area contributed by atoms with Crippen LogP contribution in [0.5, 0.6) is 0 Å². The Balaban J connectivity index is 1.73. The molecule has 0 aromatic heterocycles. The minimum Gasteiger partial charge on any atom is -0.480 e. The number of nitro benzene ring substituents is 1. The Morgan fingerprint density at radius 2 is 2.00 bits per heavy atom. The number of benzene rings is 1. The number of carboxylic acids is 1. The maximum absolute atomic E-state index is 12.7. The number of hydrogen-bond donors (Lipinski definition) is 2. The molecule has 33 heavy (non-hydrogen) atoms. The Morgan fingerprint density at radius 1 is 1.24 bits per heavy atom. The topological polar surface area (TPSA) is 122 Å². The van der Waals surface area contributed by atoms with Gasteiger partial charge in [0.05, 0.1) is 11.0 Å². The molecular formula is C24H35N3O6. The highest BCUT2D eigenvalue weighted by atomic mass is 16.6. The number of amides is 1. The third kappa shape index (κ3) is 6.01. The quantitative estimate of drug-likeness (QED) is 0.433. The standard InChI is InChI=1S/C24H35N3O6/c1-15(2)23-16(3)7-6-9-21(23)33-14-22(28)25-18-13-17(10-11-19(18)27(31)32)26-12-5-4-8-20(26)24(29)30/h10-11,13,15-16,20-21,23H,4-9,12,14H2,1-3H3,(H,25,28)(H,29,30). The lowest BCUT2D eigenvalue weighted by Crippen LogP contribution is -2.44. The van der Waals surface area contributed by atoms with Crippen LogP contribution < -0.4 is 10.2 Å². The first kappa shape index (κ1) is 25.0. The van der Waals surface area contributed by atoms with E-state index in [1.54, 1.807) is 11.0 Å². The highest BCUT2D eigenvalue weighted by Crippen LogP contribution is 2.37. The van der Waals surface area contributed by atoms with Crippen LogP contribution >= 0.6 is 0 Å². The molecule has 0 spiro atoms. The number of carboxylic acid groups (broad SMARTS) is 1. The van der Waals surface area contributed by atoms with E-state index in [0.29, 0.717) is 36.4 Å². The van der Waals surface area contributed by atoms with Gasteiger partial charge in [-0.05, 0) is 55.6 Å². The van der Waals surface area contributed by atoms with Crippen molar-refractivity contribution in [2.24, 2.45) is 17.8 Å². The molecule has 9 heteroatoms. The second kappa shape index (κ2) is 11.0. The van der Waals surface area contributed by atoms with E-state index in [0.717, 1.165) is 32.1 Å². The molecule has 9 nitrogen and oxygen atoms in total. The van der Waals surface area contributed by atoms with E-state index in [-0.39, 0.29) is 24.1 Å². The van der Waals surface area contributed by atoms with E-state index >= 15 is 0 Å². The number of piperidine rings is 1. The number of carbonyl (C=O) groups is 2. The summed E-state index contributed by atoms with van der Waals surface area (Å²) in [5, 5.41) is 23.7. The largest absolute Gasteiger partial charge is 0.480 e. The zero-order valence-electron chi connectivity index (χ0n) is 19.7. The lowest BCUT2D eigenvalue weighted by Gasteiger charge is -2.38. The van der Waals surface area contributed by atoms with Crippen LogP contribution in [0.4, 0.5) is 17.1 Å². The lowest BCUT2D eigenvalue weighted by atomic mass is 9.72. The Hall–Kier alpha value is -2.68. The van der Waals surface area contributed by atoms with Crippen LogP contribution in [0.15, 0.2) is 18.2 Å². The Morgan fingerprint density at radius 3 is 2.67 bits per heavy atom. The number of nitrogens with zero attached hydrogens (tertiary/aromatic N) is 2. The van der Waals surface area contributed by atoms with E-state index in [4.69, 9.17) is 4.74 Å². The second-order valence-electron chi connectivity index (χ2n) is 9.63. The number of hydrogen-bond acceptors (Lipinski definition) is 6. The van der Waals surface area contributed by atoms with Gasteiger partial charge in [0.2, 0.25) is 0 Å². The molecule has 2 fully saturated rings. The van der Waals surface area contributed by atoms with Crippen molar-refractivity contribution in [2.45, 2.75) is 71.4 Å². The number of nitrogens with one attached hydrogen (secondary N) is 1. The van der Waals surface area contributed by atoms with Crippen LogP contribution in [0.1, 0.15) is 59.3 Å². The fourth-order valence-corrected chi connectivity index (χ4v) is 5.50. The molecule has 1 aliphatic carbocycles. The normalized spacial score (nSPS) is 25.6. The molecule has 1 saturated heterocycles. The summed E-state index contributed by atoms with van der Waals surface area (Å²) in [5.41, 5.74) is 0.366. The molecule has 1 aromatic carbocycles. The number of anilines is 2. The minimum atomic E-state index is -0.923. The first-order valence-corrected chi connectivity index (χ1v) is 11.9. The van der Waals surface area contributed by atoms with Gasteiger partial charge in [0.1, 0.15) is 18.3 Å². The molecule has 3 rings (SSSR count). The minimum absolute atomic E-state index is 0.00880. The van der Waals surface area contributed by atoms with Crippen molar-refractivity contribution >= 4 is 28.9 Å². The van der Waals surface area contributed by atoms with Crippen LogP contribution in [0.2, 0.25) is 0 Å². The summed E-state index contributed by atoms with van der Waals surface area (Å²) in [7, 11) is 0. The van der Waals surface area contributed by atoms with E-state index in [1.807, 2.05) is 0 Å². The smallest absolute Gasteiger partial charge is 0.326 e. The van der Waals surface area contributed by atoms with Gasteiger partial charge in [-0.3, -0.25) is 14.9 Å². The Kier molecular flexibility index (Phi) is 8.29. The molecule has 4 atom stereocenters. The predicted octanol–water partition coefficient (Wildman–Crippen LogP) is 4.45. The highest BCUT2D eigenvalue weighted by molar-refractivity contribution is 5.95. The van der Waals surface area contributed by atoms with Gasteiger partial charge in [-0.25, -0.2) is 4.79 Å². The van der Waals surface area contributed by atoms with Crippen LogP contribution in [-0.4, -0.2) is 47.2 Å². The highest BCUT2D eigenvalue weighted by Gasteiger charge is 2.34. The van der Waals surface area contributed by atoms with Gasteiger partial charge in [-0.15, -0.1) is 0 Å². The van der Waals surface area contributed by atoms with Gasteiger partial charge >= 0.3 is 5.97 Å². The summed E-state index contributed by atoms with van der Waals surface area (Å²) in [6, 6.07) is 3.67. The zero-order valence-corrected chi connectivity index (χ0v) is 19.7. The van der Waals surface area contributed by atoms with Gasteiger partial charge in [0.15, 0.2) is 0 Å². The van der Waals surface area contributed by atoms with Crippen molar-refractivity contribution in [3.05, 3.63) is 28.3 Å². The number of rotatable bonds is 8. The van der Waals surface area contributed by atoms with Crippen molar-refractivity contribution in [3.63, 3.8) is 0 Å². The van der Waals surface area contributed by atoms with Crippen molar-refractivity contribution in [1.82, 2.24) is 0 Å². The molecule has 2 N–H and O–H groups in total. The molecule has 2 aliphatic rings. The molecule has 1 heterocycles. The van der Waals surface area contributed by atoms with Crippen LogP contribution in [-0.2, 0) is 14.3 Å². The SMILES string of the molecule is CC(C)C1C(C)CCCC1OCC(=O)Nc1cc(N2CCCCC2C(=O)O)ccc1[N+](=O)[O-]. The third-order valence-corrected chi connectivity index (χ3v) is 7.00. The predicted molar refractivity (Wildman–Crippen MR) is 125 cm³/mol. The first-order valence-electron chi connectivity index (χ1n) is 11.9. The molecule has 1 aliphatic heterocycles. The van der Waals surface area contributed by atoms with E-state index in [1.165, 1.54) is 12.1 Å². The van der Waals surface area contributed by atoms with Gasteiger partial charge in [-0.2, -0.15) is 0 Å². The van der Waals surface area contributed by atoms with E-state index in [2.05, 4.69) is 26.1 Å². The van der Waals surface area contributed by atoms with Crippen LogP contribution in [0, 0.1) is 27.9 Å². The number of carbonyl (C=O) groups excluding carboxylic acids is 1. The lowest BCUT2D eigenvalue weighted by molar-refractivity contribution is -0.383. The van der Waals surface area contributed by atoms with Crippen LogP contribution in [0.25, 0.3) is 0 Å². The molecule has 1 amide bonds. The third-order valence-electron chi connectivity index (χ3n) is 7.00. The van der Waals surface area contributed by atoms with Gasteiger partial charge < -0.3 is 20.1 Å². The van der Waals surface area contributed by atoms with Crippen LogP contribution in [0.3, 0.4) is 0 Å². The molecule has 1 saturated carbocycles. The van der Waals surface area contributed by atoms with E-state index in [9.17, 15) is 24.8 Å². The van der Waals surface area contributed by atoms with E-state index < -0.39 is 22.8 Å². The fourth-order valence-electron chi connectivity index (χ4n) is 5.50. The Labute approximate surface area is 194 Å². The van der Waals surface area contributed by atoms with Crippen molar-refractivity contribution in [3.8, 4) is 0 Å². The second-order valence-corrected chi connectivity index (χ2v) is 9.63. The zero-order chi connectivity index (χ0) is 24.1.